The maximum absolute atomic E-state index is 13.3. The molecule has 1 aliphatic heterocycles. The van der Waals surface area contributed by atoms with Gasteiger partial charge in [-0.05, 0) is 48.1 Å². The highest BCUT2D eigenvalue weighted by Crippen LogP contribution is 2.36. The molecule has 1 heterocycles. The lowest BCUT2D eigenvalue weighted by molar-refractivity contribution is -0.124. The van der Waals surface area contributed by atoms with E-state index in [0.29, 0.717) is 33.9 Å². The van der Waals surface area contributed by atoms with Gasteiger partial charge in [-0.15, -0.1) is 0 Å². The van der Waals surface area contributed by atoms with Gasteiger partial charge in [-0.2, -0.15) is 0 Å². The van der Waals surface area contributed by atoms with E-state index in [-0.39, 0.29) is 30.2 Å². The van der Waals surface area contributed by atoms with Crippen molar-refractivity contribution in [3.63, 3.8) is 0 Å². The Labute approximate surface area is 188 Å². The number of nitrogens with one attached hydrogen (secondary N) is 1. The fraction of sp³-hybridized carbons (Fsp3) is 0.360. The first-order valence-electron chi connectivity index (χ1n) is 10.8. The number of carbonyl (C=O) groups excluding carboxylic acids is 2. The van der Waals surface area contributed by atoms with Gasteiger partial charge in [0.25, 0.3) is 5.91 Å². The number of ether oxygens (including phenoxy) is 1. The molecule has 0 aromatic heterocycles. The Hall–Kier alpha value is -2.79. The fourth-order valence-electron chi connectivity index (χ4n) is 4.33. The van der Waals surface area contributed by atoms with Gasteiger partial charge in [-0.3, -0.25) is 14.5 Å². The van der Waals surface area contributed by atoms with Crippen molar-refractivity contribution in [1.82, 2.24) is 5.32 Å². The molecule has 1 aliphatic carbocycles. The van der Waals surface area contributed by atoms with Crippen LogP contribution in [-0.2, 0) is 9.59 Å². The fourth-order valence-corrected chi connectivity index (χ4v) is 4.52. The van der Waals surface area contributed by atoms with E-state index >= 15 is 0 Å². The maximum atomic E-state index is 13.3. The summed E-state index contributed by atoms with van der Waals surface area (Å²) in [5.74, 6) is 1.15. The zero-order chi connectivity index (χ0) is 22.0. The highest BCUT2D eigenvalue weighted by Gasteiger charge is 2.33. The van der Waals surface area contributed by atoms with Crippen molar-refractivity contribution in [2.45, 2.75) is 39.2 Å². The van der Waals surface area contributed by atoms with Gasteiger partial charge in [-0.1, -0.05) is 68.6 Å². The second kappa shape index (κ2) is 9.15. The summed E-state index contributed by atoms with van der Waals surface area (Å²) in [6.45, 7) is 4.36. The van der Waals surface area contributed by atoms with E-state index in [1.807, 2.05) is 30.3 Å². The summed E-state index contributed by atoms with van der Waals surface area (Å²) >= 11 is 6.26. The van der Waals surface area contributed by atoms with Crippen LogP contribution in [0.5, 0.6) is 5.75 Å². The second-order valence-electron chi connectivity index (χ2n) is 8.43. The third-order valence-corrected chi connectivity index (χ3v) is 6.72. The van der Waals surface area contributed by atoms with Crippen molar-refractivity contribution >= 4 is 35.2 Å². The van der Waals surface area contributed by atoms with Crippen molar-refractivity contribution in [2.24, 2.45) is 11.8 Å². The minimum atomic E-state index is -0.362. The third kappa shape index (κ3) is 4.62. The number of hydrogen-bond donors (Lipinski definition) is 1. The average Bonchev–Trinajstić information content (AvgIpc) is 2.76. The lowest BCUT2D eigenvalue weighted by atomic mass is 9.78. The quantitative estimate of drug-likeness (QED) is 0.679. The number of amides is 2. The molecule has 2 aromatic carbocycles. The van der Waals surface area contributed by atoms with Crippen LogP contribution in [-0.4, -0.2) is 24.4 Å². The molecule has 1 N–H and O–H groups in total. The molecule has 1 fully saturated rings. The number of para-hydroxylation sites is 2. The second-order valence-corrected chi connectivity index (χ2v) is 8.84. The Morgan fingerprint density at radius 1 is 1.16 bits per heavy atom. The van der Waals surface area contributed by atoms with Gasteiger partial charge in [0.15, 0.2) is 11.5 Å². The van der Waals surface area contributed by atoms with Crippen LogP contribution in [0.4, 0.5) is 5.69 Å². The van der Waals surface area contributed by atoms with Gasteiger partial charge >= 0.3 is 0 Å². The first-order valence-corrected chi connectivity index (χ1v) is 11.2. The Morgan fingerprint density at radius 2 is 1.90 bits per heavy atom. The highest BCUT2D eigenvalue weighted by atomic mass is 35.5. The van der Waals surface area contributed by atoms with Crippen molar-refractivity contribution in [3.8, 4) is 5.75 Å². The van der Waals surface area contributed by atoms with E-state index in [4.69, 9.17) is 16.3 Å². The predicted octanol–water partition coefficient (Wildman–Crippen LogP) is 5.05. The molecule has 0 unspecified atom stereocenters. The molecule has 162 valence electrons. The van der Waals surface area contributed by atoms with Crippen molar-refractivity contribution in [3.05, 3.63) is 64.9 Å². The summed E-state index contributed by atoms with van der Waals surface area (Å²) in [5.41, 5.74) is 1.27. The number of carbonyl (C=O) groups is 2. The first kappa shape index (κ1) is 21.4. The first-order chi connectivity index (χ1) is 14.9. The number of rotatable bonds is 4. The third-order valence-electron chi connectivity index (χ3n) is 6.38. The molecule has 2 aromatic rings. The van der Waals surface area contributed by atoms with Crippen LogP contribution in [0.25, 0.3) is 6.08 Å². The van der Waals surface area contributed by atoms with E-state index in [1.54, 1.807) is 24.3 Å². The topological polar surface area (TPSA) is 58.6 Å². The highest BCUT2D eigenvalue weighted by molar-refractivity contribution is 6.32. The predicted molar refractivity (Wildman–Crippen MR) is 123 cm³/mol. The molecule has 5 nitrogen and oxygen atoms in total. The lowest BCUT2D eigenvalue weighted by Gasteiger charge is -2.35. The molecule has 1 saturated carbocycles. The van der Waals surface area contributed by atoms with Crippen LogP contribution in [0.2, 0.25) is 5.02 Å². The molecule has 0 radical (unpaired) electrons. The normalized spacial score (nSPS) is 24.5. The number of nitrogens with zero attached hydrogens (tertiary/aromatic N) is 1. The van der Waals surface area contributed by atoms with Gasteiger partial charge in [0.05, 0.1) is 5.69 Å². The summed E-state index contributed by atoms with van der Waals surface area (Å²) in [6, 6.07) is 14.6. The van der Waals surface area contributed by atoms with Gasteiger partial charge < -0.3 is 10.1 Å². The standard InChI is InChI=1S/C25H27ClN2O3/c1-16-8-7-11-20(17(16)2)27-24(29)15-28-21-12-5-6-13-22(21)31-23(25(28)30)14-18-9-3-4-10-19(18)26/h3-6,9-10,12-14,16-17,20H,7-8,11,15H2,1-2H3,(H,27,29)/b23-14+/t16-,17-,20-/m1/s1. The molecular formula is C25H27ClN2O3. The molecule has 0 spiro atoms. The summed E-state index contributed by atoms with van der Waals surface area (Å²) < 4.78 is 5.88. The average molecular weight is 439 g/mol. The van der Waals surface area contributed by atoms with Gasteiger partial charge in [0.2, 0.25) is 5.91 Å². The van der Waals surface area contributed by atoms with Crippen LogP contribution in [0, 0.1) is 11.8 Å². The van der Waals surface area contributed by atoms with Crippen molar-refractivity contribution in [2.75, 3.05) is 11.4 Å². The lowest BCUT2D eigenvalue weighted by Crippen LogP contribution is -2.49. The SMILES string of the molecule is C[C@@H]1[C@H](C)CCC[C@H]1NC(=O)CN1C(=O)/C(=C\c2ccccc2Cl)Oc2ccccc21. The Bertz CT molecular complexity index is 1020. The van der Waals surface area contributed by atoms with Gasteiger partial charge in [0, 0.05) is 11.1 Å². The molecule has 31 heavy (non-hydrogen) atoms. The molecule has 3 atom stereocenters. The molecule has 0 saturated heterocycles. The van der Waals surface area contributed by atoms with E-state index in [9.17, 15) is 9.59 Å². The maximum Gasteiger partial charge on any atom is 0.294 e. The van der Waals surface area contributed by atoms with E-state index in [0.717, 1.165) is 12.8 Å². The van der Waals surface area contributed by atoms with Crippen molar-refractivity contribution < 1.29 is 14.3 Å². The van der Waals surface area contributed by atoms with Crippen LogP contribution >= 0.6 is 11.6 Å². The van der Waals surface area contributed by atoms with Gasteiger partial charge in [-0.25, -0.2) is 0 Å². The molecule has 6 heteroatoms. The van der Waals surface area contributed by atoms with Gasteiger partial charge in [0.1, 0.15) is 6.54 Å². The van der Waals surface area contributed by atoms with Crippen LogP contribution in [0.3, 0.4) is 0 Å². The Kier molecular flexibility index (Phi) is 6.33. The summed E-state index contributed by atoms with van der Waals surface area (Å²) in [4.78, 5) is 27.7. The molecule has 2 amide bonds. The number of fused-ring (bicyclic) bond motifs is 1. The smallest absolute Gasteiger partial charge is 0.294 e. The number of hydrogen-bond acceptors (Lipinski definition) is 3. The molecule has 0 bridgehead atoms. The summed E-state index contributed by atoms with van der Waals surface area (Å²) in [5, 5.41) is 3.68. The van der Waals surface area contributed by atoms with Crippen molar-refractivity contribution in [1.29, 1.82) is 0 Å². The Balaban J connectivity index is 1.58. The largest absolute Gasteiger partial charge is 0.449 e. The van der Waals surface area contributed by atoms with E-state index in [2.05, 4.69) is 19.2 Å². The monoisotopic (exact) mass is 438 g/mol. The van der Waals surface area contributed by atoms with E-state index in [1.165, 1.54) is 11.3 Å². The minimum Gasteiger partial charge on any atom is -0.449 e. The van der Waals surface area contributed by atoms with Crippen LogP contribution < -0.4 is 15.0 Å². The Morgan fingerprint density at radius 3 is 2.71 bits per heavy atom. The number of benzene rings is 2. The van der Waals surface area contributed by atoms with Crippen LogP contribution in [0.15, 0.2) is 54.3 Å². The number of halogens is 1. The molecule has 4 rings (SSSR count). The summed E-state index contributed by atoms with van der Waals surface area (Å²) in [7, 11) is 0. The zero-order valence-corrected chi connectivity index (χ0v) is 18.6. The summed E-state index contributed by atoms with van der Waals surface area (Å²) in [6.07, 6.45) is 4.90. The van der Waals surface area contributed by atoms with E-state index < -0.39 is 0 Å². The minimum absolute atomic E-state index is 0.0589. The zero-order valence-electron chi connectivity index (χ0n) is 17.8. The molecular weight excluding hydrogens is 412 g/mol. The van der Waals surface area contributed by atoms with Crippen LogP contribution in [0.1, 0.15) is 38.7 Å². The number of anilines is 1. The molecule has 2 aliphatic rings.